The maximum atomic E-state index is 14.3. The molecule has 2 N–H and O–H groups in total. The van der Waals surface area contributed by atoms with Crippen molar-refractivity contribution in [2.75, 3.05) is 67.6 Å². The Balaban J connectivity index is 0.716. The second kappa shape index (κ2) is 17.7. The van der Waals surface area contributed by atoms with Gasteiger partial charge < -0.3 is 19.9 Å². The van der Waals surface area contributed by atoms with Crippen LogP contribution in [0.15, 0.2) is 55.2 Å². The molecule has 4 aliphatic rings. The van der Waals surface area contributed by atoms with Gasteiger partial charge in [0.15, 0.2) is 17.2 Å². The molecule has 5 aromatic heterocycles. The largest absolute Gasteiger partial charge is 0.380 e. The first-order valence-corrected chi connectivity index (χ1v) is 22.3. The standard InChI is InChI=1S/C44H52F2N14O4/c1-54-39-32(4-2-5-33(39)42(53-54)58-17-13-37(61)51-44(58)63)30-22-47-57(26-30)25-29-10-15-55(16-11-29)24-28-6-8-31(9-7-28)60-27-35(38(52-60)40(45)46)49-43(62)34-23-48-59-18-12-36(50-41(34)59)56-14-3-20-64-21-19-56/h2,4-5,12,18,22-23,26-29,31,40H,3,6-11,13-17,19-21,24-25H2,1H3,(H,49,62)(H,51,61,63). The lowest BCUT2D eigenvalue weighted by molar-refractivity contribution is -0.120. The monoisotopic (exact) mass is 878 g/mol. The molecule has 0 bridgehead atoms. The summed E-state index contributed by atoms with van der Waals surface area (Å²) < 4.78 is 41.2. The second-order valence-electron chi connectivity index (χ2n) is 17.5. The number of hydrogen-bond acceptors (Lipinski definition) is 11. The van der Waals surface area contributed by atoms with Gasteiger partial charge in [-0.05, 0) is 82.0 Å². The Morgan fingerprint density at radius 1 is 0.922 bits per heavy atom. The van der Waals surface area contributed by atoms with Gasteiger partial charge in [0.05, 0.1) is 36.2 Å². The summed E-state index contributed by atoms with van der Waals surface area (Å²) in [6.07, 6.45) is 12.7. The molecule has 3 saturated heterocycles. The normalized spacial score (nSPS) is 20.7. The molecule has 64 heavy (non-hydrogen) atoms. The number of anilines is 3. The Hall–Kier alpha value is -6.28. The van der Waals surface area contributed by atoms with Crippen LogP contribution >= 0.6 is 0 Å². The lowest BCUT2D eigenvalue weighted by Gasteiger charge is -2.36. The van der Waals surface area contributed by atoms with Gasteiger partial charge in [0, 0.05) is 87.9 Å². The molecule has 6 aromatic rings. The summed E-state index contributed by atoms with van der Waals surface area (Å²) in [6.45, 7) is 6.89. The third kappa shape index (κ3) is 8.43. The van der Waals surface area contributed by atoms with Crippen molar-refractivity contribution in [2.45, 2.75) is 70.4 Å². The van der Waals surface area contributed by atoms with Crippen LogP contribution in [-0.4, -0.2) is 119 Å². The highest BCUT2D eigenvalue weighted by Gasteiger charge is 2.31. The van der Waals surface area contributed by atoms with Crippen molar-refractivity contribution in [1.82, 2.24) is 54.2 Å². The number of carbonyl (C=O) groups is 3. The predicted molar refractivity (Wildman–Crippen MR) is 233 cm³/mol. The van der Waals surface area contributed by atoms with E-state index in [2.05, 4.69) is 41.9 Å². The van der Waals surface area contributed by atoms with Gasteiger partial charge >= 0.3 is 6.03 Å². The van der Waals surface area contributed by atoms with E-state index >= 15 is 0 Å². The zero-order valence-corrected chi connectivity index (χ0v) is 35.8. The van der Waals surface area contributed by atoms with Crippen LogP contribution in [0.4, 0.5) is 30.9 Å². The van der Waals surface area contributed by atoms with Crippen molar-refractivity contribution in [3.63, 3.8) is 0 Å². The molecule has 0 radical (unpaired) electrons. The smallest absolute Gasteiger partial charge is 0.329 e. The molecule has 1 aromatic carbocycles. The molecule has 336 valence electrons. The number of alkyl halides is 2. The number of rotatable bonds is 11. The highest BCUT2D eigenvalue weighted by Crippen LogP contribution is 2.37. The number of likely N-dealkylation sites (tertiary alicyclic amines) is 1. The van der Waals surface area contributed by atoms with Crippen LogP contribution in [0.2, 0.25) is 0 Å². The maximum Gasteiger partial charge on any atom is 0.329 e. The minimum Gasteiger partial charge on any atom is -0.380 e. The van der Waals surface area contributed by atoms with Crippen molar-refractivity contribution in [1.29, 1.82) is 0 Å². The van der Waals surface area contributed by atoms with Crippen LogP contribution in [-0.2, 0) is 23.1 Å². The fourth-order valence-corrected chi connectivity index (χ4v) is 9.90. The fourth-order valence-electron chi connectivity index (χ4n) is 9.90. The summed E-state index contributed by atoms with van der Waals surface area (Å²) in [7, 11) is 1.86. The highest BCUT2D eigenvalue weighted by molar-refractivity contribution is 6.10. The van der Waals surface area contributed by atoms with E-state index in [4.69, 9.17) is 14.8 Å². The number of imide groups is 1. The third-order valence-corrected chi connectivity index (χ3v) is 13.3. The van der Waals surface area contributed by atoms with Crippen LogP contribution in [0.1, 0.15) is 79.9 Å². The van der Waals surface area contributed by atoms with E-state index < -0.39 is 24.1 Å². The Kier molecular flexibility index (Phi) is 11.5. The first-order chi connectivity index (χ1) is 31.1. The molecule has 1 saturated carbocycles. The quantitative estimate of drug-likeness (QED) is 0.164. The van der Waals surface area contributed by atoms with Crippen molar-refractivity contribution in [3.05, 3.63) is 66.5 Å². The fraction of sp³-hybridized carbons (Fsp3) is 0.500. The third-order valence-electron chi connectivity index (χ3n) is 13.3. The van der Waals surface area contributed by atoms with Gasteiger partial charge in [0.25, 0.3) is 12.3 Å². The number of nitrogens with one attached hydrogen (secondary N) is 2. The molecule has 0 spiro atoms. The predicted octanol–water partition coefficient (Wildman–Crippen LogP) is 5.68. The summed E-state index contributed by atoms with van der Waals surface area (Å²) in [4.78, 5) is 48.8. The van der Waals surface area contributed by atoms with Gasteiger partial charge in [0.1, 0.15) is 11.4 Å². The number of fused-ring (bicyclic) bond motifs is 2. The van der Waals surface area contributed by atoms with Crippen LogP contribution < -0.4 is 20.4 Å². The van der Waals surface area contributed by atoms with E-state index in [9.17, 15) is 23.2 Å². The Labute approximate surface area is 367 Å². The average Bonchev–Trinajstić information content (AvgIpc) is 4.07. The molecule has 18 nitrogen and oxygen atoms in total. The van der Waals surface area contributed by atoms with Crippen molar-refractivity contribution < 1.29 is 27.9 Å². The van der Waals surface area contributed by atoms with E-state index in [0.717, 1.165) is 99.7 Å². The lowest BCUT2D eigenvalue weighted by atomic mass is 9.85. The number of nitrogens with zero attached hydrogens (tertiary/aromatic N) is 12. The van der Waals surface area contributed by atoms with Crippen molar-refractivity contribution in [3.8, 4) is 11.1 Å². The lowest BCUT2D eigenvalue weighted by Crippen LogP contribution is -2.49. The molecule has 0 atom stereocenters. The van der Waals surface area contributed by atoms with Gasteiger partial charge in [-0.3, -0.25) is 33.9 Å². The molecular formula is C44H52F2N14O4. The molecular weight excluding hydrogens is 827 g/mol. The van der Waals surface area contributed by atoms with Gasteiger partial charge in [-0.2, -0.15) is 20.4 Å². The number of para-hydroxylation sites is 1. The number of ether oxygens (including phenoxy) is 1. The topological polar surface area (TPSA) is 178 Å². The first kappa shape index (κ1) is 41.7. The maximum absolute atomic E-state index is 14.3. The molecule has 10 rings (SSSR count). The number of aromatic nitrogens is 9. The summed E-state index contributed by atoms with van der Waals surface area (Å²) in [5.74, 6) is 1.40. The van der Waals surface area contributed by atoms with Gasteiger partial charge in [-0.1, -0.05) is 12.1 Å². The molecule has 4 fully saturated rings. The zero-order chi connectivity index (χ0) is 43.9. The van der Waals surface area contributed by atoms with Gasteiger partial charge in [-0.25, -0.2) is 23.1 Å². The number of halogens is 2. The number of piperidine rings is 1. The molecule has 1 aliphatic carbocycles. The number of amides is 4. The Morgan fingerprint density at radius 3 is 2.56 bits per heavy atom. The average molecular weight is 879 g/mol. The second-order valence-corrected chi connectivity index (χ2v) is 17.5. The van der Waals surface area contributed by atoms with Crippen LogP contribution in [0, 0.1) is 11.8 Å². The van der Waals surface area contributed by atoms with E-state index in [-0.39, 0.29) is 36.2 Å². The van der Waals surface area contributed by atoms with Crippen molar-refractivity contribution >= 4 is 51.7 Å². The summed E-state index contributed by atoms with van der Waals surface area (Å²) in [5, 5.41) is 23.9. The first-order valence-electron chi connectivity index (χ1n) is 22.3. The Bertz CT molecular complexity index is 2670. The molecule has 0 unspecified atom stereocenters. The van der Waals surface area contributed by atoms with E-state index in [0.29, 0.717) is 48.9 Å². The number of urea groups is 1. The summed E-state index contributed by atoms with van der Waals surface area (Å²) >= 11 is 0. The minimum atomic E-state index is -2.85. The van der Waals surface area contributed by atoms with Crippen LogP contribution in [0.3, 0.4) is 0 Å². The number of benzene rings is 1. The summed E-state index contributed by atoms with van der Waals surface area (Å²) in [6, 6.07) is 7.30. The SMILES string of the molecule is Cn1nc(N2CCC(=O)NC2=O)c2cccc(-c3cnn(CC4CCN(CC5CCC(n6cc(NC(=O)c7cnn8ccc(N9CCCOCC9)nc78)c(C(F)F)n6)CC5)CC4)c3)c21. The van der Waals surface area contributed by atoms with E-state index in [1.54, 1.807) is 21.8 Å². The minimum absolute atomic E-state index is 0.00117. The molecule has 8 heterocycles. The van der Waals surface area contributed by atoms with E-state index in [1.807, 2.05) is 42.2 Å². The van der Waals surface area contributed by atoms with Crippen molar-refractivity contribution in [2.24, 2.45) is 18.9 Å². The highest BCUT2D eigenvalue weighted by atomic mass is 19.3. The van der Waals surface area contributed by atoms with Gasteiger partial charge in [0.2, 0.25) is 5.91 Å². The number of hydrogen-bond donors (Lipinski definition) is 2. The zero-order valence-electron chi connectivity index (χ0n) is 35.8. The van der Waals surface area contributed by atoms with Crippen LogP contribution in [0.25, 0.3) is 27.7 Å². The Morgan fingerprint density at radius 2 is 1.75 bits per heavy atom. The number of aryl methyl sites for hydroxylation is 1. The molecule has 20 heteroatoms. The van der Waals surface area contributed by atoms with E-state index in [1.165, 1.54) is 15.6 Å². The molecule has 3 aliphatic heterocycles. The van der Waals surface area contributed by atoms with Gasteiger partial charge in [-0.15, -0.1) is 0 Å². The summed E-state index contributed by atoms with van der Waals surface area (Å²) in [5.41, 5.74) is 2.95. The van der Waals surface area contributed by atoms with Crippen LogP contribution in [0.5, 0.6) is 0 Å². The number of carbonyl (C=O) groups excluding carboxylic acids is 3. The molecule has 4 amide bonds.